The van der Waals surface area contributed by atoms with Gasteiger partial charge in [-0.25, -0.2) is 0 Å². The molecular formula is C15H24O2. The number of allylic oxidation sites excluding steroid dienone is 2. The summed E-state index contributed by atoms with van der Waals surface area (Å²) in [6.07, 6.45) is 10.00. The van der Waals surface area contributed by atoms with Crippen LogP contribution >= 0.6 is 0 Å². The molecule has 2 bridgehead atoms. The summed E-state index contributed by atoms with van der Waals surface area (Å²) in [7, 11) is 0. The van der Waals surface area contributed by atoms with Gasteiger partial charge in [-0.1, -0.05) is 32.1 Å². The molecule has 0 aromatic heterocycles. The van der Waals surface area contributed by atoms with Gasteiger partial charge in [0, 0.05) is 0 Å². The second kappa shape index (κ2) is 4.58. The minimum Gasteiger partial charge on any atom is -0.390 e. The van der Waals surface area contributed by atoms with Gasteiger partial charge in [0.15, 0.2) is 0 Å². The molecule has 2 heteroatoms. The first-order valence-electron chi connectivity index (χ1n) is 6.59. The molecule has 0 saturated carbocycles. The second-order valence-corrected chi connectivity index (χ2v) is 6.32. The Bertz CT molecular complexity index is 341. The molecule has 1 fully saturated rings. The highest BCUT2D eigenvalue weighted by atomic mass is 16.5. The zero-order chi connectivity index (χ0) is 12.5. The molecule has 0 aromatic carbocycles. The maximum absolute atomic E-state index is 10.2. The van der Waals surface area contributed by atoms with Gasteiger partial charge in [0.25, 0.3) is 0 Å². The van der Waals surface area contributed by atoms with E-state index in [0.717, 1.165) is 25.7 Å². The highest BCUT2D eigenvalue weighted by Crippen LogP contribution is 2.34. The maximum atomic E-state index is 10.2. The van der Waals surface area contributed by atoms with Gasteiger partial charge in [-0.05, 0) is 43.6 Å². The van der Waals surface area contributed by atoms with Crippen molar-refractivity contribution >= 4 is 0 Å². The molecule has 96 valence electrons. The van der Waals surface area contributed by atoms with Crippen LogP contribution in [-0.4, -0.2) is 23.4 Å². The minimum absolute atomic E-state index is 0.207. The third kappa shape index (κ3) is 2.99. The van der Waals surface area contributed by atoms with Gasteiger partial charge in [0.2, 0.25) is 0 Å². The fraction of sp³-hybridized carbons (Fsp3) is 0.733. The molecule has 2 nitrogen and oxygen atoms in total. The lowest BCUT2D eigenvalue weighted by Crippen LogP contribution is -2.40. The molecule has 0 amide bonds. The number of aliphatic hydroxyl groups is 1. The van der Waals surface area contributed by atoms with Crippen LogP contribution in [0.3, 0.4) is 0 Å². The van der Waals surface area contributed by atoms with Crippen molar-refractivity contribution in [3.63, 3.8) is 0 Å². The van der Waals surface area contributed by atoms with Crippen LogP contribution in [0.25, 0.3) is 0 Å². The van der Waals surface area contributed by atoms with E-state index in [0.29, 0.717) is 6.61 Å². The Morgan fingerprint density at radius 2 is 2.06 bits per heavy atom. The average Bonchev–Trinajstić information content (AvgIpc) is 2.39. The fourth-order valence-corrected chi connectivity index (χ4v) is 2.50. The average molecular weight is 236 g/mol. The van der Waals surface area contributed by atoms with Crippen LogP contribution in [-0.2, 0) is 4.74 Å². The summed E-state index contributed by atoms with van der Waals surface area (Å²) in [6, 6.07) is 0. The van der Waals surface area contributed by atoms with E-state index in [4.69, 9.17) is 4.74 Å². The number of aliphatic hydroxyl groups excluding tert-OH is 1. The largest absolute Gasteiger partial charge is 0.390 e. The quantitative estimate of drug-likeness (QED) is 0.654. The molecule has 0 radical (unpaired) electrons. The van der Waals surface area contributed by atoms with E-state index in [9.17, 15) is 5.11 Å². The van der Waals surface area contributed by atoms with E-state index < -0.39 is 5.60 Å². The predicted molar refractivity (Wildman–Crippen MR) is 69.8 cm³/mol. The van der Waals surface area contributed by atoms with Crippen molar-refractivity contribution in [3.05, 3.63) is 23.8 Å². The fourth-order valence-electron chi connectivity index (χ4n) is 2.50. The van der Waals surface area contributed by atoms with Crippen LogP contribution in [0.2, 0.25) is 0 Å². The molecule has 2 aliphatic heterocycles. The molecule has 2 rings (SSSR count). The number of rotatable bonds is 0. The van der Waals surface area contributed by atoms with Crippen molar-refractivity contribution in [3.8, 4) is 0 Å². The Morgan fingerprint density at radius 1 is 1.29 bits per heavy atom. The van der Waals surface area contributed by atoms with Crippen molar-refractivity contribution in [2.45, 2.75) is 58.2 Å². The number of hydrogen-bond donors (Lipinski definition) is 1. The molecular weight excluding hydrogens is 212 g/mol. The molecule has 0 aromatic rings. The van der Waals surface area contributed by atoms with Crippen LogP contribution in [0.4, 0.5) is 0 Å². The molecule has 1 saturated heterocycles. The zero-order valence-corrected chi connectivity index (χ0v) is 11.2. The van der Waals surface area contributed by atoms with Gasteiger partial charge in [-0.2, -0.15) is 0 Å². The first-order valence-corrected chi connectivity index (χ1v) is 6.59. The van der Waals surface area contributed by atoms with Gasteiger partial charge >= 0.3 is 0 Å². The molecule has 2 atom stereocenters. The van der Waals surface area contributed by atoms with Gasteiger partial charge in [-0.15, -0.1) is 0 Å². The van der Waals surface area contributed by atoms with Gasteiger partial charge in [0.05, 0.1) is 18.3 Å². The van der Waals surface area contributed by atoms with Crippen molar-refractivity contribution in [1.29, 1.82) is 0 Å². The van der Waals surface area contributed by atoms with Crippen molar-refractivity contribution in [1.82, 2.24) is 0 Å². The summed E-state index contributed by atoms with van der Waals surface area (Å²) < 4.78 is 5.94. The van der Waals surface area contributed by atoms with Crippen LogP contribution in [0.5, 0.6) is 0 Å². The van der Waals surface area contributed by atoms with Crippen LogP contribution in [0, 0.1) is 5.41 Å². The third-order valence-corrected chi connectivity index (χ3v) is 4.04. The Hall–Kier alpha value is -0.600. The number of hydrogen-bond acceptors (Lipinski definition) is 2. The van der Waals surface area contributed by atoms with Gasteiger partial charge < -0.3 is 9.84 Å². The molecule has 0 unspecified atom stereocenters. The Kier molecular flexibility index (Phi) is 3.46. The summed E-state index contributed by atoms with van der Waals surface area (Å²) >= 11 is 0. The SMILES string of the molecule is CC1(C)/C=C\C[C@@]2(C)OC/C(=C\C1)CC[C@@H]2O. The monoisotopic (exact) mass is 236 g/mol. The predicted octanol–water partition coefficient (Wildman–Crippen LogP) is 3.22. The highest BCUT2D eigenvalue weighted by Gasteiger charge is 2.35. The standard InChI is InChI=1S/C15H24O2/c1-14(2)8-4-9-15(3)13(16)6-5-12(7-10-14)11-17-15/h4,7-8,13,16H,5-6,9-11H2,1-3H3/b8-4-,12-7-/t13-,15+/m0/s1. The van der Waals surface area contributed by atoms with E-state index in [1.807, 2.05) is 6.92 Å². The lowest BCUT2D eigenvalue weighted by atomic mass is 9.86. The molecule has 0 spiro atoms. The maximum Gasteiger partial charge on any atom is 0.0950 e. The molecule has 1 N–H and O–H groups in total. The first kappa shape index (κ1) is 12.8. The lowest BCUT2D eigenvalue weighted by Gasteiger charge is -2.32. The Balaban J connectivity index is 2.30. The van der Waals surface area contributed by atoms with Gasteiger partial charge in [0.1, 0.15) is 0 Å². The summed E-state index contributed by atoms with van der Waals surface area (Å²) in [5.41, 5.74) is 1.13. The molecule has 2 heterocycles. The molecule has 17 heavy (non-hydrogen) atoms. The van der Waals surface area contributed by atoms with E-state index >= 15 is 0 Å². The first-order chi connectivity index (χ1) is 7.91. The van der Waals surface area contributed by atoms with Crippen LogP contribution < -0.4 is 0 Å². The zero-order valence-electron chi connectivity index (χ0n) is 11.2. The highest BCUT2D eigenvalue weighted by molar-refractivity contribution is 5.12. The summed E-state index contributed by atoms with van der Waals surface area (Å²) in [6.45, 7) is 7.22. The third-order valence-electron chi connectivity index (χ3n) is 4.04. The Morgan fingerprint density at radius 3 is 2.82 bits per heavy atom. The van der Waals surface area contributed by atoms with Crippen LogP contribution in [0.1, 0.15) is 46.5 Å². The minimum atomic E-state index is -0.417. The summed E-state index contributed by atoms with van der Waals surface area (Å²) in [5, 5.41) is 10.2. The smallest absolute Gasteiger partial charge is 0.0950 e. The van der Waals surface area contributed by atoms with Crippen molar-refractivity contribution in [2.24, 2.45) is 5.41 Å². The van der Waals surface area contributed by atoms with Crippen molar-refractivity contribution in [2.75, 3.05) is 6.61 Å². The number of ether oxygens (including phenoxy) is 1. The topological polar surface area (TPSA) is 29.5 Å². The van der Waals surface area contributed by atoms with E-state index in [1.54, 1.807) is 0 Å². The molecule has 0 aliphatic carbocycles. The Labute approximate surface area is 104 Å². The summed E-state index contributed by atoms with van der Waals surface area (Å²) in [4.78, 5) is 0. The normalized spacial score (nSPS) is 42.4. The van der Waals surface area contributed by atoms with Crippen LogP contribution in [0.15, 0.2) is 23.8 Å². The second-order valence-electron chi connectivity index (χ2n) is 6.32. The molecule has 2 aliphatic rings. The van der Waals surface area contributed by atoms with Gasteiger partial charge in [-0.3, -0.25) is 0 Å². The van der Waals surface area contributed by atoms with E-state index in [2.05, 4.69) is 32.1 Å². The number of fused-ring (bicyclic) bond motifs is 3. The summed E-state index contributed by atoms with van der Waals surface area (Å²) in [5.74, 6) is 0. The van der Waals surface area contributed by atoms with E-state index in [1.165, 1.54) is 5.57 Å². The van der Waals surface area contributed by atoms with Crippen molar-refractivity contribution < 1.29 is 9.84 Å². The lowest BCUT2D eigenvalue weighted by molar-refractivity contribution is -0.0964. The van der Waals surface area contributed by atoms with E-state index in [-0.39, 0.29) is 11.5 Å².